The van der Waals surface area contributed by atoms with Gasteiger partial charge in [-0.2, -0.15) is 0 Å². The number of hydrogen-bond acceptors (Lipinski definition) is 4. The highest BCUT2D eigenvalue weighted by Gasteiger charge is 2.21. The Balaban J connectivity index is 0.00000420. The van der Waals surface area contributed by atoms with Crippen molar-refractivity contribution < 1.29 is 18.7 Å². The lowest BCUT2D eigenvalue weighted by atomic mass is 10.0. The number of carbonyl (C=O) groups is 2. The number of ether oxygens (including phenoxy) is 1. The Hall–Kier alpha value is -2.35. The molecule has 2 aromatic rings. The zero-order valence-electron chi connectivity index (χ0n) is 16.1. The van der Waals surface area contributed by atoms with Crippen molar-refractivity contribution in [3.8, 4) is 11.5 Å². The van der Waals surface area contributed by atoms with Gasteiger partial charge in [-0.25, -0.2) is 4.39 Å². The van der Waals surface area contributed by atoms with Crippen molar-refractivity contribution in [2.75, 3.05) is 6.54 Å². The van der Waals surface area contributed by atoms with Crippen LogP contribution in [0.5, 0.6) is 11.5 Å². The monoisotopic (exact) mass is 443 g/mol. The van der Waals surface area contributed by atoms with Crippen molar-refractivity contribution in [1.29, 1.82) is 0 Å². The highest BCUT2D eigenvalue weighted by atomic mass is 35.5. The summed E-state index contributed by atoms with van der Waals surface area (Å²) in [5.41, 5.74) is 5.94. The highest BCUT2D eigenvalue weighted by Crippen LogP contribution is 2.36. The first-order valence-electron chi connectivity index (χ1n) is 8.86. The predicted molar refractivity (Wildman–Crippen MR) is 113 cm³/mol. The lowest BCUT2D eigenvalue weighted by molar-refractivity contribution is -0.109. The number of carbonyl (C=O) groups excluding carboxylic acids is 2. The molecule has 0 heterocycles. The molecule has 0 radical (unpaired) electrons. The molecule has 2 amide bonds. The maximum absolute atomic E-state index is 15.2. The summed E-state index contributed by atoms with van der Waals surface area (Å²) in [6.07, 6.45) is 1.24. The fraction of sp³-hybridized carbons (Fsp3) is 0.300. The van der Waals surface area contributed by atoms with Gasteiger partial charge in [-0.3, -0.25) is 9.59 Å². The van der Waals surface area contributed by atoms with Crippen molar-refractivity contribution in [2.24, 2.45) is 5.73 Å². The SMILES string of the molecule is CC[C@@H](N[C@H](C)CNC=O)c1ccc(Cl)c(Oc2ccc(C(N)=O)cc2)c1F.Cl. The molecule has 9 heteroatoms. The number of primary amides is 1. The van der Waals surface area contributed by atoms with Crippen LogP contribution in [0, 0.1) is 5.82 Å². The summed E-state index contributed by atoms with van der Waals surface area (Å²) in [4.78, 5) is 21.6. The van der Waals surface area contributed by atoms with Crippen molar-refractivity contribution in [1.82, 2.24) is 10.6 Å². The number of benzene rings is 2. The maximum atomic E-state index is 15.2. The Morgan fingerprint density at radius 2 is 1.93 bits per heavy atom. The van der Waals surface area contributed by atoms with Crippen LogP contribution in [0.1, 0.15) is 42.2 Å². The van der Waals surface area contributed by atoms with Crippen LogP contribution in [0.3, 0.4) is 0 Å². The van der Waals surface area contributed by atoms with Crippen LogP contribution in [0.15, 0.2) is 36.4 Å². The molecular weight excluding hydrogens is 420 g/mol. The topological polar surface area (TPSA) is 93.4 Å². The minimum absolute atomic E-state index is 0. The van der Waals surface area contributed by atoms with E-state index < -0.39 is 11.7 Å². The normalized spacial score (nSPS) is 12.4. The summed E-state index contributed by atoms with van der Waals surface area (Å²) in [6.45, 7) is 4.24. The van der Waals surface area contributed by atoms with Crippen LogP contribution in [-0.2, 0) is 4.79 Å². The second kappa shape index (κ2) is 11.6. The van der Waals surface area contributed by atoms with Gasteiger partial charge in [0.1, 0.15) is 5.75 Å². The standard InChI is InChI=1S/C20H23ClFN3O3.ClH/c1-3-17(25-12(2)10-24-11-26)15-8-9-16(21)19(18(15)22)28-14-6-4-13(5-7-14)20(23)27;/h4-9,11-12,17,25H,3,10H2,1-2H3,(H2,23,27)(H,24,26);1H/t12-,17-;/m1./s1. The molecule has 0 unspecified atom stereocenters. The molecule has 4 N–H and O–H groups in total. The minimum Gasteiger partial charge on any atom is -0.453 e. The molecule has 29 heavy (non-hydrogen) atoms. The molecule has 0 aliphatic rings. The van der Waals surface area contributed by atoms with Gasteiger partial charge >= 0.3 is 0 Å². The summed E-state index contributed by atoms with van der Waals surface area (Å²) in [7, 11) is 0. The average molecular weight is 444 g/mol. The number of halogens is 3. The van der Waals surface area contributed by atoms with Crippen LogP contribution >= 0.6 is 24.0 Å². The molecule has 0 saturated heterocycles. The zero-order chi connectivity index (χ0) is 20.7. The van der Waals surface area contributed by atoms with E-state index in [9.17, 15) is 9.59 Å². The summed E-state index contributed by atoms with van der Waals surface area (Å²) >= 11 is 6.15. The van der Waals surface area contributed by atoms with E-state index in [0.29, 0.717) is 36.3 Å². The average Bonchev–Trinajstić information content (AvgIpc) is 2.68. The quantitative estimate of drug-likeness (QED) is 0.484. The number of nitrogens with one attached hydrogen (secondary N) is 2. The Labute approximate surface area is 180 Å². The van der Waals surface area contributed by atoms with E-state index in [1.165, 1.54) is 24.3 Å². The first-order chi connectivity index (χ1) is 13.4. The third kappa shape index (κ3) is 6.59. The van der Waals surface area contributed by atoms with E-state index >= 15 is 4.39 Å². The van der Waals surface area contributed by atoms with Crippen molar-refractivity contribution in [2.45, 2.75) is 32.4 Å². The summed E-state index contributed by atoms with van der Waals surface area (Å²) in [5, 5.41) is 6.00. The van der Waals surface area contributed by atoms with Gasteiger partial charge in [0.25, 0.3) is 0 Å². The highest BCUT2D eigenvalue weighted by molar-refractivity contribution is 6.32. The fourth-order valence-corrected chi connectivity index (χ4v) is 2.95. The number of rotatable bonds is 10. The largest absolute Gasteiger partial charge is 0.453 e. The molecule has 6 nitrogen and oxygen atoms in total. The van der Waals surface area contributed by atoms with Crippen LogP contribution in [0.25, 0.3) is 0 Å². The van der Waals surface area contributed by atoms with Gasteiger partial charge in [-0.1, -0.05) is 24.6 Å². The van der Waals surface area contributed by atoms with Gasteiger partial charge in [0.05, 0.1) is 5.02 Å². The summed E-state index contributed by atoms with van der Waals surface area (Å²) < 4.78 is 20.8. The number of amides is 2. The molecule has 0 aliphatic carbocycles. The zero-order valence-corrected chi connectivity index (χ0v) is 17.6. The Morgan fingerprint density at radius 3 is 2.48 bits per heavy atom. The van der Waals surface area contributed by atoms with Crippen molar-refractivity contribution >= 4 is 36.3 Å². The van der Waals surface area contributed by atoms with E-state index in [1.807, 2.05) is 13.8 Å². The minimum atomic E-state index is -0.568. The fourth-order valence-electron chi connectivity index (χ4n) is 2.77. The molecule has 0 saturated carbocycles. The Kier molecular flexibility index (Phi) is 9.88. The molecule has 2 aromatic carbocycles. The molecule has 0 aliphatic heterocycles. The van der Waals surface area contributed by atoms with Gasteiger partial charge in [-0.15, -0.1) is 12.4 Å². The van der Waals surface area contributed by atoms with E-state index in [4.69, 9.17) is 22.1 Å². The third-order valence-electron chi connectivity index (χ3n) is 4.21. The van der Waals surface area contributed by atoms with Crippen LogP contribution in [-0.4, -0.2) is 24.9 Å². The summed E-state index contributed by atoms with van der Waals surface area (Å²) in [6, 6.07) is 8.86. The maximum Gasteiger partial charge on any atom is 0.248 e. The molecule has 0 bridgehead atoms. The smallest absolute Gasteiger partial charge is 0.248 e. The van der Waals surface area contributed by atoms with Crippen LogP contribution < -0.4 is 21.1 Å². The first-order valence-corrected chi connectivity index (χ1v) is 9.23. The lowest BCUT2D eigenvalue weighted by Gasteiger charge is -2.24. The lowest BCUT2D eigenvalue weighted by Crippen LogP contribution is -2.38. The molecule has 0 fully saturated rings. The van der Waals surface area contributed by atoms with Gasteiger partial charge in [-0.05, 0) is 43.7 Å². The van der Waals surface area contributed by atoms with E-state index in [-0.39, 0.29) is 35.3 Å². The van der Waals surface area contributed by atoms with Gasteiger partial charge in [0.15, 0.2) is 11.6 Å². The number of nitrogens with two attached hydrogens (primary N) is 1. The molecule has 0 aromatic heterocycles. The summed E-state index contributed by atoms with van der Waals surface area (Å²) in [5.74, 6) is -0.897. The molecule has 2 rings (SSSR count). The van der Waals surface area contributed by atoms with E-state index in [2.05, 4.69) is 10.6 Å². The molecule has 2 atom stereocenters. The third-order valence-corrected chi connectivity index (χ3v) is 4.51. The second-order valence-corrected chi connectivity index (χ2v) is 6.73. The van der Waals surface area contributed by atoms with Crippen molar-refractivity contribution in [3.63, 3.8) is 0 Å². The first kappa shape index (κ1) is 24.7. The Morgan fingerprint density at radius 1 is 1.28 bits per heavy atom. The second-order valence-electron chi connectivity index (χ2n) is 6.33. The predicted octanol–water partition coefficient (Wildman–Crippen LogP) is 3.97. The Bertz CT molecular complexity index is 834. The van der Waals surface area contributed by atoms with Gasteiger partial charge in [0, 0.05) is 29.8 Å². The van der Waals surface area contributed by atoms with Crippen LogP contribution in [0.4, 0.5) is 4.39 Å². The van der Waals surface area contributed by atoms with Crippen LogP contribution in [0.2, 0.25) is 5.02 Å². The molecular formula is C20H24Cl2FN3O3. The molecule has 158 valence electrons. The van der Waals surface area contributed by atoms with Gasteiger partial charge in [0.2, 0.25) is 12.3 Å². The van der Waals surface area contributed by atoms with E-state index in [0.717, 1.165) is 0 Å². The van der Waals surface area contributed by atoms with Crippen molar-refractivity contribution in [3.05, 3.63) is 58.4 Å². The van der Waals surface area contributed by atoms with Gasteiger partial charge < -0.3 is 21.1 Å². The van der Waals surface area contributed by atoms with E-state index in [1.54, 1.807) is 12.1 Å². The molecule has 0 spiro atoms. The number of hydrogen-bond donors (Lipinski definition) is 3.